The Morgan fingerprint density at radius 1 is 1.53 bits per heavy atom. The van der Waals surface area contributed by atoms with E-state index < -0.39 is 16.0 Å². The van der Waals surface area contributed by atoms with Gasteiger partial charge in [-0.25, -0.2) is 17.9 Å². The molecule has 0 unspecified atom stereocenters. The van der Waals surface area contributed by atoms with Crippen molar-refractivity contribution < 1.29 is 17.9 Å². The van der Waals surface area contributed by atoms with Crippen molar-refractivity contribution in [3.8, 4) is 0 Å². The number of aryl methyl sites for hydroxylation is 1. The van der Waals surface area contributed by atoms with Gasteiger partial charge in [0, 0.05) is 10.3 Å². The molecule has 0 aliphatic carbocycles. The van der Waals surface area contributed by atoms with Crippen LogP contribution in [0.2, 0.25) is 0 Å². The molecule has 0 aromatic carbocycles. The van der Waals surface area contributed by atoms with Crippen LogP contribution in [0.5, 0.6) is 0 Å². The number of carbonyl (C=O) groups is 1. The van der Waals surface area contributed by atoms with Gasteiger partial charge >= 0.3 is 5.97 Å². The topological polar surface area (TPSA) is 72.5 Å². The number of nitrogens with one attached hydrogen (secondary N) is 1. The Morgan fingerprint density at radius 2 is 2.13 bits per heavy atom. The Hall–Kier alpha value is -0.920. The number of methoxy groups -OCH3 is 1. The molecule has 0 aliphatic heterocycles. The van der Waals surface area contributed by atoms with E-state index in [1.54, 1.807) is 6.92 Å². The highest BCUT2D eigenvalue weighted by molar-refractivity contribution is 7.89. The van der Waals surface area contributed by atoms with Gasteiger partial charge in [0.15, 0.2) is 0 Å². The second-order valence-electron chi connectivity index (χ2n) is 2.73. The number of ether oxygens (including phenoxy) is 1. The lowest BCUT2D eigenvalue weighted by atomic mass is 10.3. The first-order chi connectivity index (χ1) is 6.94. The highest BCUT2D eigenvalue weighted by Gasteiger charge is 2.25. The lowest BCUT2D eigenvalue weighted by Gasteiger charge is -2.04. The lowest BCUT2D eigenvalue weighted by Crippen LogP contribution is -2.21. The van der Waals surface area contributed by atoms with Crippen molar-refractivity contribution in [2.45, 2.75) is 11.8 Å². The van der Waals surface area contributed by atoms with E-state index in [-0.39, 0.29) is 10.5 Å². The highest BCUT2D eigenvalue weighted by atomic mass is 32.2. The Bertz CT molecular complexity index is 475. The molecule has 0 aliphatic rings. The molecule has 0 amide bonds. The standard InChI is InChI=1S/C8H11NO4S2/c1-5-7(15(11,12)9-2)6(4-14-5)8(10)13-3/h4,9H,1-3H3. The maximum Gasteiger partial charge on any atom is 0.340 e. The largest absolute Gasteiger partial charge is 0.465 e. The number of thiophene rings is 1. The molecule has 0 bridgehead atoms. The predicted octanol–water partition coefficient (Wildman–Crippen LogP) is 0.751. The maximum atomic E-state index is 11.6. The van der Waals surface area contributed by atoms with Crippen LogP contribution in [0.1, 0.15) is 15.2 Å². The van der Waals surface area contributed by atoms with Crippen LogP contribution < -0.4 is 4.72 Å². The quantitative estimate of drug-likeness (QED) is 0.802. The molecule has 0 spiro atoms. The van der Waals surface area contributed by atoms with Crippen LogP contribution in [0.3, 0.4) is 0 Å². The molecule has 7 heteroatoms. The Morgan fingerprint density at radius 3 is 2.60 bits per heavy atom. The van der Waals surface area contributed by atoms with Gasteiger partial charge < -0.3 is 4.74 Å². The number of hydrogen-bond donors (Lipinski definition) is 1. The molecule has 1 heterocycles. The third kappa shape index (κ3) is 2.19. The van der Waals surface area contributed by atoms with Gasteiger partial charge in [-0.15, -0.1) is 11.3 Å². The van der Waals surface area contributed by atoms with Crippen molar-refractivity contribution in [1.29, 1.82) is 0 Å². The van der Waals surface area contributed by atoms with E-state index in [9.17, 15) is 13.2 Å². The fourth-order valence-electron chi connectivity index (χ4n) is 1.13. The van der Waals surface area contributed by atoms with Crippen LogP contribution in [0.15, 0.2) is 10.3 Å². The fraction of sp³-hybridized carbons (Fsp3) is 0.375. The van der Waals surface area contributed by atoms with Gasteiger partial charge in [-0.05, 0) is 14.0 Å². The zero-order valence-corrected chi connectivity index (χ0v) is 10.2. The maximum absolute atomic E-state index is 11.6. The monoisotopic (exact) mass is 249 g/mol. The summed E-state index contributed by atoms with van der Waals surface area (Å²) in [5, 5.41) is 1.48. The summed E-state index contributed by atoms with van der Waals surface area (Å²) < 4.78 is 29.9. The average molecular weight is 249 g/mol. The average Bonchev–Trinajstić information content (AvgIpc) is 2.59. The molecule has 0 atom stereocenters. The minimum absolute atomic E-state index is 0.00171. The summed E-state index contributed by atoms with van der Waals surface area (Å²) in [5.74, 6) is -0.645. The number of esters is 1. The smallest absolute Gasteiger partial charge is 0.340 e. The number of carbonyl (C=O) groups excluding carboxylic acids is 1. The van der Waals surface area contributed by atoms with Crippen LogP contribution in [-0.2, 0) is 14.8 Å². The van der Waals surface area contributed by atoms with Gasteiger partial charge in [0.2, 0.25) is 10.0 Å². The zero-order chi connectivity index (χ0) is 11.6. The summed E-state index contributed by atoms with van der Waals surface area (Å²) in [4.78, 5) is 11.9. The Kier molecular flexibility index (Phi) is 3.48. The molecule has 0 radical (unpaired) electrons. The number of rotatable bonds is 3. The van der Waals surface area contributed by atoms with Gasteiger partial charge in [-0.2, -0.15) is 0 Å². The number of hydrogen-bond acceptors (Lipinski definition) is 5. The fourth-order valence-corrected chi connectivity index (χ4v) is 3.42. The lowest BCUT2D eigenvalue weighted by molar-refractivity contribution is 0.0597. The first kappa shape index (κ1) is 12.2. The van der Waals surface area contributed by atoms with Crippen molar-refractivity contribution in [3.63, 3.8) is 0 Å². The minimum atomic E-state index is -3.61. The summed E-state index contributed by atoms with van der Waals surface area (Å²) >= 11 is 1.20. The molecule has 84 valence electrons. The molecule has 5 nitrogen and oxygen atoms in total. The molecule has 1 aromatic heterocycles. The molecular formula is C8H11NO4S2. The summed E-state index contributed by atoms with van der Waals surface area (Å²) in [6.45, 7) is 1.64. The first-order valence-electron chi connectivity index (χ1n) is 4.04. The third-order valence-electron chi connectivity index (χ3n) is 1.86. The van der Waals surface area contributed by atoms with Crippen LogP contribution in [-0.4, -0.2) is 28.5 Å². The van der Waals surface area contributed by atoms with Gasteiger partial charge in [0.25, 0.3) is 0 Å². The van der Waals surface area contributed by atoms with Crippen molar-refractivity contribution in [2.24, 2.45) is 0 Å². The van der Waals surface area contributed by atoms with Gasteiger partial charge in [0.05, 0.1) is 12.7 Å². The third-order valence-corrected chi connectivity index (χ3v) is 4.50. The van der Waals surface area contributed by atoms with Crippen LogP contribution in [0, 0.1) is 6.92 Å². The predicted molar refractivity (Wildman–Crippen MR) is 56.6 cm³/mol. The van der Waals surface area contributed by atoms with E-state index in [1.165, 1.54) is 30.9 Å². The highest BCUT2D eigenvalue weighted by Crippen LogP contribution is 2.26. The molecule has 15 heavy (non-hydrogen) atoms. The van der Waals surface area contributed by atoms with Crippen LogP contribution in [0.25, 0.3) is 0 Å². The van der Waals surface area contributed by atoms with Crippen molar-refractivity contribution in [1.82, 2.24) is 4.72 Å². The first-order valence-corrected chi connectivity index (χ1v) is 6.40. The van der Waals surface area contributed by atoms with Gasteiger partial charge in [0.1, 0.15) is 4.90 Å². The second kappa shape index (κ2) is 4.30. The second-order valence-corrected chi connectivity index (χ2v) is 5.64. The van der Waals surface area contributed by atoms with Crippen LogP contribution >= 0.6 is 11.3 Å². The summed E-state index contributed by atoms with van der Waals surface area (Å²) in [5.41, 5.74) is 0.0781. The molecule has 0 saturated carbocycles. The van der Waals surface area contributed by atoms with E-state index in [0.29, 0.717) is 4.88 Å². The number of sulfonamides is 1. The molecule has 0 saturated heterocycles. The molecule has 1 N–H and O–H groups in total. The van der Waals surface area contributed by atoms with Crippen LogP contribution in [0.4, 0.5) is 0 Å². The van der Waals surface area contributed by atoms with Crippen molar-refractivity contribution in [2.75, 3.05) is 14.2 Å². The minimum Gasteiger partial charge on any atom is -0.465 e. The molecular weight excluding hydrogens is 238 g/mol. The van der Waals surface area contributed by atoms with E-state index in [4.69, 9.17) is 0 Å². The van der Waals surface area contributed by atoms with E-state index in [2.05, 4.69) is 9.46 Å². The van der Waals surface area contributed by atoms with E-state index in [1.807, 2.05) is 0 Å². The van der Waals surface area contributed by atoms with Gasteiger partial charge in [-0.3, -0.25) is 0 Å². The SMILES string of the molecule is CNS(=O)(=O)c1c(C(=O)OC)csc1C. The van der Waals surface area contributed by atoms with Gasteiger partial charge in [-0.1, -0.05) is 0 Å². The molecule has 0 fully saturated rings. The van der Waals surface area contributed by atoms with Crippen molar-refractivity contribution >= 4 is 27.3 Å². The van der Waals surface area contributed by atoms with E-state index in [0.717, 1.165) is 0 Å². The Labute approximate surface area is 92.1 Å². The van der Waals surface area contributed by atoms with Crippen molar-refractivity contribution in [3.05, 3.63) is 15.8 Å². The molecule has 1 rings (SSSR count). The Balaban J connectivity index is 3.41. The molecule has 1 aromatic rings. The summed E-state index contributed by atoms with van der Waals surface area (Å²) in [6, 6.07) is 0. The van der Waals surface area contributed by atoms with E-state index >= 15 is 0 Å². The normalized spacial score (nSPS) is 11.4. The summed E-state index contributed by atoms with van der Waals surface area (Å²) in [7, 11) is -1.10. The zero-order valence-electron chi connectivity index (χ0n) is 8.53. The summed E-state index contributed by atoms with van der Waals surface area (Å²) in [6.07, 6.45) is 0.